The zero-order valence-electron chi connectivity index (χ0n) is 36.6. The van der Waals surface area contributed by atoms with Gasteiger partial charge >= 0.3 is 6.09 Å². The third-order valence-electron chi connectivity index (χ3n) is 9.89. The normalized spacial score (nSPS) is 13.0. The van der Waals surface area contributed by atoms with Gasteiger partial charge in [-0.25, -0.2) is 14.8 Å². The van der Waals surface area contributed by atoms with Crippen molar-refractivity contribution in [2.45, 2.75) is 118 Å². The molecule has 4 aromatic rings. The van der Waals surface area contributed by atoms with E-state index in [2.05, 4.69) is 25.9 Å². The molecule has 0 bridgehead atoms. The van der Waals surface area contributed by atoms with E-state index in [4.69, 9.17) is 21.9 Å². The summed E-state index contributed by atoms with van der Waals surface area (Å²) in [5.74, 6) is -0.833. The molecule has 2 aromatic carbocycles. The first-order chi connectivity index (χ1) is 28.8. The van der Waals surface area contributed by atoms with Crippen LogP contribution in [0.3, 0.4) is 0 Å². The van der Waals surface area contributed by atoms with Crippen molar-refractivity contribution in [3.05, 3.63) is 119 Å². The average molecular weight is 837 g/mol. The number of pyridine rings is 2. The first-order valence-corrected chi connectivity index (χ1v) is 20.7. The van der Waals surface area contributed by atoms with E-state index >= 15 is 0 Å². The highest BCUT2D eigenvalue weighted by atomic mass is 16.6. The maximum atomic E-state index is 13.1. The number of nitrogens with two attached hydrogens (primary N) is 3. The maximum Gasteiger partial charge on any atom is 0.408 e. The second kappa shape index (κ2) is 24.2. The van der Waals surface area contributed by atoms with Gasteiger partial charge in [-0.05, 0) is 94.7 Å². The van der Waals surface area contributed by atoms with Gasteiger partial charge in [0.2, 0.25) is 11.8 Å². The smallest absolute Gasteiger partial charge is 0.408 e. The number of hydrogen-bond donors (Lipinski definition) is 6. The lowest BCUT2D eigenvalue weighted by atomic mass is 9.95. The van der Waals surface area contributed by atoms with Crippen LogP contribution in [0.15, 0.2) is 84.9 Å². The molecule has 61 heavy (non-hydrogen) atoms. The summed E-state index contributed by atoms with van der Waals surface area (Å²) in [7, 11) is 0. The highest BCUT2D eigenvalue weighted by molar-refractivity contribution is 5.91. The second-order valence-electron chi connectivity index (χ2n) is 16.4. The number of hydrogen-bond acceptors (Lipinski definition) is 11. The van der Waals surface area contributed by atoms with Crippen LogP contribution < -0.4 is 33.2 Å². The number of rotatable bonds is 19. The topological polar surface area (TPSA) is 235 Å². The van der Waals surface area contributed by atoms with Crippen molar-refractivity contribution in [3.8, 4) is 0 Å². The molecule has 328 valence electrons. The SMILES string of the molecule is Cc1nc(N)ccc1CNC(=O)[C@H](C)CC(=O)[C@@H](CCc1ccccc1)NC(=O)OC(C)(C)C.Cc1nc(N)ccc1CNC(=O)[C@H](C)CC(=O)[C@H](N)CCc1ccccc1. The molecule has 0 aliphatic rings. The zero-order valence-corrected chi connectivity index (χ0v) is 36.6. The first kappa shape index (κ1) is 49.2. The van der Waals surface area contributed by atoms with Crippen molar-refractivity contribution in [2.24, 2.45) is 17.6 Å². The van der Waals surface area contributed by atoms with Crippen molar-refractivity contribution >= 4 is 41.1 Å². The van der Waals surface area contributed by atoms with E-state index in [-0.39, 0.29) is 36.2 Å². The third-order valence-corrected chi connectivity index (χ3v) is 9.89. The van der Waals surface area contributed by atoms with Crippen LogP contribution >= 0.6 is 0 Å². The molecule has 4 atom stereocenters. The number of ether oxygens (including phenoxy) is 1. The molecule has 14 heteroatoms. The van der Waals surface area contributed by atoms with Crippen LogP contribution in [0.2, 0.25) is 0 Å². The predicted octanol–water partition coefficient (Wildman–Crippen LogP) is 5.85. The number of carbonyl (C=O) groups excluding carboxylic acids is 5. The minimum Gasteiger partial charge on any atom is -0.444 e. The van der Waals surface area contributed by atoms with Crippen LogP contribution in [0.25, 0.3) is 0 Å². The molecule has 4 rings (SSSR count). The highest BCUT2D eigenvalue weighted by Gasteiger charge is 2.27. The summed E-state index contributed by atoms with van der Waals surface area (Å²) in [6, 6.07) is 25.4. The fourth-order valence-electron chi connectivity index (χ4n) is 6.23. The molecule has 0 saturated carbocycles. The Morgan fingerprint density at radius 3 is 1.49 bits per heavy atom. The Hall–Kier alpha value is -6.15. The number of Topliss-reactive ketones (excluding diaryl/α,β-unsaturated/α-hetero) is 2. The Balaban J connectivity index is 0.000000334. The van der Waals surface area contributed by atoms with Gasteiger partial charge in [-0.15, -0.1) is 0 Å². The lowest BCUT2D eigenvalue weighted by Gasteiger charge is -2.24. The van der Waals surface area contributed by atoms with Crippen LogP contribution in [0.4, 0.5) is 16.4 Å². The van der Waals surface area contributed by atoms with Crippen LogP contribution in [0.1, 0.15) is 93.9 Å². The summed E-state index contributed by atoms with van der Waals surface area (Å²) in [6.07, 6.45) is 1.83. The van der Waals surface area contributed by atoms with Gasteiger partial charge in [-0.3, -0.25) is 19.2 Å². The molecular weight excluding hydrogens is 773 g/mol. The molecule has 9 N–H and O–H groups in total. The van der Waals surface area contributed by atoms with Crippen molar-refractivity contribution in [2.75, 3.05) is 11.5 Å². The Kier molecular flexibility index (Phi) is 19.5. The highest BCUT2D eigenvalue weighted by Crippen LogP contribution is 2.15. The molecule has 0 fully saturated rings. The van der Waals surface area contributed by atoms with Crippen molar-refractivity contribution in [3.63, 3.8) is 0 Å². The molecule has 0 aliphatic carbocycles. The molecule has 2 heterocycles. The van der Waals surface area contributed by atoms with Crippen molar-refractivity contribution in [1.29, 1.82) is 0 Å². The molecule has 0 saturated heterocycles. The Labute approximate surface area is 360 Å². The van der Waals surface area contributed by atoms with E-state index in [1.807, 2.05) is 86.6 Å². The molecule has 14 nitrogen and oxygen atoms in total. The van der Waals surface area contributed by atoms with Gasteiger partial charge in [-0.1, -0.05) is 86.6 Å². The van der Waals surface area contributed by atoms with Gasteiger partial charge < -0.3 is 37.9 Å². The van der Waals surface area contributed by atoms with E-state index in [1.54, 1.807) is 46.8 Å². The van der Waals surface area contributed by atoms with Gasteiger partial charge in [0.05, 0.1) is 12.1 Å². The second-order valence-corrected chi connectivity index (χ2v) is 16.4. The fourth-order valence-corrected chi connectivity index (χ4v) is 6.23. The minimum absolute atomic E-state index is 0.0000571. The van der Waals surface area contributed by atoms with Crippen molar-refractivity contribution in [1.82, 2.24) is 25.9 Å². The summed E-state index contributed by atoms with van der Waals surface area (Å²) < 4.78 is 5.33. The number of benzene rings is 2. The number of aromatic nitrogens is 2. The molecule has 0 spiro atoms. The van der Waals surface area contributed by atoms with Crippen LogP contribution in [-0.2, 0) is 49.8 Å². The minimum atomic E-state index is -0.756. The lowest BCUT2D eigenvalue weighted by molar-refractivity contribution is -0.129. The Bertz CT molecular complexity index is 2060. The summed E-state index contributed by atoms with van der Waals surface area (Å²) in [5.41, 5.74) is 22.1. The van der Waals surface area contributed by atoms with Gasteiger partial charge in [0, 0.05) is 49.2 Å². The summed E-state index contributed by atoms with van der Waals surface area (Å²) in [4.78, 5) is 71.0. The van der Waals surface area contributed by atoms with E-state index < -0.39 is 35.6 Å². The van der Waals surface area contributed by atoms with E-state index in [9.17, 15) is 24.0 Å². The standard InChI is InChI=1S/C26H36N4O4.C21H28N4O2/c1-17(24(32)28-16-20-12-14-23(27)29-18(20)2)15-22(31)21(30-25(33)34-26(3,4)5)13-11-19-9-7-6-8-10-19;1-14(21(27)24-13-17-9-11-20(23)25-15(17)2)12-19(26)18(22)10-8-16-6-4-3-5-7-16/h6-10,12,14,17,21H,11,13,15-16H2,1-5H3,(H2,27,29)(H,28,32)(H,30,33);3-7,9,11,14,18H,8,10,12-13,22H2,1-2H3,(H2,23,25)(H,24,27)/t17-,21-;14-,18-/m11/s1. The third kappa shape index (κ3) is 18.3. The molecule has 0 aliphatic heterocycles. The van der Waals surface area contributed by atoms with E-state index in [0.717, 1.165) is 40.1 Å². The molecule has 0 unspecified atom stereocenters. The van der Waals surface area contributed by atoms with Crippen LogP contribution in [-0.4, -0.2) is 57.1 Å². The fraction of sp³-hybridized carbons (Fsp3) is 0.426. The predicted molar refractivity (Wildman–Crippen MR) is 239 cm³/mol. The maximum absolute atomic E-state index is 13.1. The number of nitrogens with one attached hydrogen (secondary N) is 3. The zero-order chi connectivity index (χ0) is 45.1. The number of anilines is 2. The summed E-state index contributed by atoms with van der Waals surface area (Å²) >= 11 is 0. The molecule has 0 radical (unpaired) electrons. The number of aryl methyl sites for hydroxylation is 4. The Morgan fingerprint density at radius 2 is 1.07 bits per heavy atom. The quantitative estimate of drug-likeness (QED) is 0.0655. The van der Waals surface area contributed by atoms with Gasteiger partial charge in [0.1, 0.15) is 23.0 Å². The number of alkyl carbamates (subject to hydrolysis) is 1. The summed E-state index contributed by atoms with van der Waals surface area (Å²) in [5, 5.41) is 8.39. The number of nitrogens with zero attached hydrogens (tertiary/aromatic N) is 2. The number of carbonyl (C=O) groups is 5. The number of nitrogen functional groups attached to an aromatic ring is 2. The monoisotopic (exact) mass is 836 g/mol. The Morgan fingerprint density at radius 1 is 0.639 bits per heavy atom. The first-order valence-electron chi connectivity index (χ1n) is 20.7. The molecule has 3 amide bonds. The molecular formula is C47H64N8O6. The van der Waals surface area contributed by atoms with Gasteiger partial charge in [0.25, 0.3) is 0 Å². The van der Waals surface area contributed by atoms with Gasteiger partial charge in [0.15, 0.2) is 5.78 Å². The summed E-state index contributed by atoms with van der Waals surface area (Å²) in [6.45, 7) is 13.0. The van der Waals surface area contributed by atoms with Crippen LogP contribution in [0, 0.1) is 25.7 Å². The number of ketones is 2. The van der Waals surface area contributed by atoms with E-state index in [1.165, 1.54) is 0 Å². The molecule has 2 aromatic heterocycles. The van der Waals surface area contributed by atoms with Crippen molar-refractivity contribution < 1.29 is 28.7 Å². The number of amides is 3. The van der Waals surface area contributed by atoms with Gasteiger partial charge in [-0.2, -0.15) is 0 Å². The van der Waals surface area contributed by atoms with E-state index in [0.29, 0.717) is 44.0 Å². The largest absolute Gasteiger partial charge is 0.444 e. The lowest BCUT2D eigenvalue weighted by Crippen LogP contribution is -2.44. The average Bonchev–Trinajstić information content (AvgIpc) is 3.20. The van der Waals surface area contributed by atoms with Crippen LogP contribution in [0.5, 0.6) is 0 Å².